The highest BCUT2D eigenvalue weighted by molar-refractivity contribution is 14.1. The lowest BCUT2D eigenvalue weighted by Crippen LogP contribution is -2.10. The van der Waals surface area contributed by atoms with Gasteiger partial charge in [-0.2, -0.15) is 0 Å². The summed E-state index contributed by atoms with van der Waals surface area (Å²) < 4.78 is 0.0881. The van der Waals surface area contributed by atoms with Crippen LogP contribution in [0.5, 0.6) is 0 Å². The van der Waals surface area contributed by atoms with E-state index in [1.165, 1.54) is 0 Å². The van der Waals surface area contributed by atoms with Gasteiger partial charge >= 0.3 is 0 Å². The third kappa shape index (κ3) is 1.11. The predicted octanol–water partition coefficient (Wildman–Crippen LogP) is 0.899. The van der Waals surface area contributed by atoms with Gasteiger partial charge in [0.2, 0.25) is 5.78 Å². The molecule has 0 unspecified atom stereocenters. The van der Waals surface area contributed by atoms with Gasteiger partial charge in [-0.1, -0.05) is 0 Å². The fourth-order valence-corrected chi connectivity index (χ4v) is 0.974. The Bertz CT molecular complexity index is 236. The van der Waals surface area contributed by atoms with E-state index in [2.05, 4.69) is 0 Å². The summed E-state index contributed by atoms with van der Waals surface area (Å²) in [7, 11) is 0. The number of aliphatic hydroxyl groups is 1. The Labute approximate surface area is 70.6 Å². The molecule has 0 bridgehead atoms. The number of hydrogen-bond acceptors (Lipinski definition) is 3. The summed E-state index contributed by atoms with van der Waals surface area (Å²) in [6.07, 6.45) is 2.20. The molecule has 0 aromatic heterocycles. The second-order valence-corrected chi connectivity index (χ2v) is 2.80. The Kier molecular flexibility index (Phi) is 1.89. The summed E-state index contributed by atoms with van der Waals surface area (Å²) in [6, 6.07) is 0. The molecule has 0 saturated carbocycles. The average molecular weight is 250 g/mol. The van der Waals surface area contributed by atoms with E-state index in [4.69, 9.17) is 5.11 Å². The van der Waals surface area contributed by atoms with E-state index >= 15 is 0 Å². The molecule has 1 rings (SSSR count). The fourth-order valence-electron chi connectivity index (χ4n) is 0.528. The van der Waals surface area contributed by atoms with Crippen molar-refractivity contribution in [3.05, 3.63) is 21.5 Å². The van der Waals surface area contributed by atoms with Crippen molar-refractivity contribution in [2.45, 2.75) is 0 Å². The molecule has 1 aliphatic rings. The number of carbonyl (C=O) groups is 2. The molecule has 0 fully saturated rings. The minimum atomic E-state index is -0.510. The molecule has 0 aromatic carbocycles. The standard InChI is InChI=1S/C6H3IO3/c7-5-3(8)1-2-4(9)6(5)10/h1-2,10H. The third-order valence-corrected chi connectivity index (χ3v) is 2.09. The molecule has 0 saturated heterocycles. The quantitative estimate of drug-likeness (QED) is 0.513. The van der Waals surface area contributed by atoms with E-state index in [0.717, 1.165) is 12.2 Å². The average Bonchev–Trinajstić information content (AvgIpc) is 1.93. The molecule has 4 heteroatoms. The molecule has 0 radical (unpaired) electrons. The Morgan fingerprint density at radius 3 is 2.20 bits per heavy atom. The van der Waals surface area contributed by atoms with Crippen LogP contribution in [-0.2, 0) is 9.59 Å². The fraction of sp³-hybridized carbons (Fsp3) is 0. The molecule has 52 valence electrons. The van der Waals surface area contributed by atoms with Crippen molar-refractivity contribution in [3.63, 3.8) is 0 Å². The highest BCUT2D eigenvalue weighted by Crippen LogP contribution is 2.17. The first kappa shape index (κ1) is 7.46. The van der Waals surface area contributed by atoms with Gasteiger partial charge < -0.3 is 5.11 Å². The van der Waals surface area contributed by atoms with Crippen LogP contribution >= 0.6 is 22.6 Å². The van der Waals surface area contributed by atoms with Crippen molar-refractivity contribution in [1.29, 1.82) is 0 Å². The molecule has 0 spiro atoms. The number of ketones is 2. The molecule has 0 amide bonds. The molecule has 0 heterocycles. The van der Waals surface area contributed by atoms with Crippen molar-refractivity contribution < 1.29 is 14.7 Å². The van der Waals surface area contributed by atoms with Crippen molar-refractivity contribution in [2.24, 2.45) is 0 Å². The maximum atomic E-state index is 10.7. The van der Waals surface area contributed by atoms with E-state index in [9.17, 15) is 9.59 Å². The first-order valence-corrected chi connectivity index (χ1v) is 3.56. The second kappa shape index (κ2) is 2.53. The lowest BCUT2D eigenvalue weighted by Gasteiger charge is -2.01. The summed E-state index contributed by atoms with van der Waals surface area (Å²) in [4.78, 5) is 21.3. The molecule has 0 aliphatic heterocycles. The van der Waals surface area contributed by atoms with Crippen LogP contribution in [0.1, 0.15) is 0 Å². The van der Waals surface area contributed by atoms with Gasteiger partial charge in [-0.05, 0) is 34.7 Å². The van der Waals surface area contributed by atoms with Gasteiger partial charge in [0.15, 0.2) is 11.5 Å². The van der Waals surface area contributed by atoms with Gasteiger partial charge in [0.25, 0.3) is 0 Å². The zero-order valence-electron chi connectivity index (χ0n) is 4.80. The molecular formula is C6H3IO3. The lowest BCUT2D eigenvalue weighted by atomic mass is 10.1. The Balaban J connectivity index is 3.12. The van der Waals surface area contributed by atoms with Gasteiger partial charge in [0.1, 0.15) is 3.58 Å². The molecule has 0 atom stereocenters. The monoisotopic (exact) mass is 250 g/mol. The first-order valence-electron chi connectivity index (χ1n) is 2.48. The van der Waals surface area contributed by atoms with E-state index in [0.29, 0.717) is 0 Å². The summed E-state index contributed by atoms with van der Waals surface area (Å²) in [6.45, 7) is 0. The highest BCUT2D eigenvalue weighted by Gasteiger charge is 2.18. The number of allylic oxidation sites excluding steroid dienone is 3. The highest BCUT2D eigenvalue weighted by atomic mass is 127. The number of aliphatic hydroxyl groups excluding tert-OH is 1. The van der Waals surface area contributed by atoms with Crippen LogP contribution in [0.25, 0.3) is 0 Å². The normalized spacial score (nSPS) is 18.5. The van der Waals surface area contributed by atoms with Crippen molar-refractivity contribution >= 4 is 34.2 Å². The molecular weight excluding hydrogens is 247 g/mol. The smallest absolute Gasteiger partial charge is 0.221 e. The summed E-state index contributed by atoms with van der Waals surface area (Å²) in [5.41, 5.74) is 0. The SMILES string of the molecule is O=C1C=CC(=O)C(I)=C1O. The van der Waals surface area contributed by atoms with Crippen LogP contribution in [0, 0.1) is 0 Å². The maximum absolute atomic E-state index is 10.7. The van der Waals surface area contributed by atoms with Crippen LogP contribution in [0.2, 0.25) is 0 Å². The van der Waals surface area contributed by atoms with E-state index < -0.39 is 11.5 Å². The van der Waals surface area contributed by atoms with Crippen LogP contribution in [0.15, 0.2) is 21.5 Å². The number of halogens is 1. The zero-order valence-corrected chi connectivity index (χ0v) is 6.95. The van der Waals surface area contributed by atoms with Crippen molar-refractivity contribution in [1.82, 2.24) is 0 Å². The minimum absolute atomic E-state index is 0.0881. The zero-order chi connectivity index (χ0) is 7.72. The Morgan fingerprint density at radius 2 is 1.70 bits per heavy atom. The van der Waals surface area contributed by atoms with Crippen molar-refractivity contribution in [2.75, 3.05) is 0 Å². The Morgan fingerprint density at radius 1 is 1.20 bits per heavy atom. The molecule has 0 aromatic rings. The van der Waals surface area contributed by atoms with Crippen LogP contribution in [0.3, 0.4) is 0 Å². The molecule has 1 N–H and O–H groups in total. The number of rotatable bonds is 0. The summed E-state index contributed by atoms with van der Waals surface area (Å²) in [5.74, 6) is -1.28. The van der Waals surface area contributed by atoms with Crippen LogP contribution in [0.4, 0.5) is 0 Å². The van der Waals surface area contributed by atoms with Gasteiger partial charge in [0.05, 0.1) is 0 Å². The van der Waals surface area contributed by atoms with Crippen LogP contribution in [-0.4, -0.2) is 16.7 Å². The lowest BCUT2D eigenvalue weighted by molar-refractivity contribution is -0.116. The topological polar surface area (TPSA) is 54.4 Å². The summed E-state index contributed by atoms with van der Waals surface area (Å²) >= 11 is 1.63. The largest absolute Gasteiger partial charge is 0.503 e. The minimum Gasteiger partial charge on any atom is -0.503 e. The van der Waals surface area contributed by atoms with Gasteiger partial charge in [-0.3, -0.25) is 9.59 Å². The Hall–Kier alpha value is -0.650. The van der Waals surface area contributed by atoms with Gasteiger partial charge in [-0.15, -0.1) is 0 Å². The van der Waals surface area contributed by atoms with E-state index in [-0.39, 0.29) is 9.36 Å². The van der Waals surface area contributed by atoms with Gasteiger partial charge in [-0.25, -0.2) is 0 Å². The first-order chi connectivity index (χ1) is 4.63. The molecule has 3 nitrogen and oxygen atoms in total. The van der Waals surface area contributed by atoms with E-state index in [1.54, 1.807) is 22.6 Å². The van der Waals surface area contributed by atoms with Crippen molar-refractivity contribution in [3.8, 4) is 0 Å². The van der Waals surface area contributed by atoms with E-state index in [1.807, 2.05) is 0 Å². The van der Waals surface area contributed by atoms with Gasteiger partial charge in [0, 0.05) is 0 Å². The summed E-state index contributed by atoms with van der Waals surface area (Å²) in [5, 5.41) is 8.87. The predicted molar refractivity (Wildman–Crippen MR) is 42.8 cm³/mol. The molecule has 10 heavy (non-hydrogen) atoms. The number of carbonyl (C=O) groups excluding carboxylic acids is 2. The molecule has 1 aliphatic carbocycles. The maximum Gasteiger partial charge on any atom is 0.221 e. The third-order valence-electron chi connectivity index (χ3n) is 1.04. The second-order valence-electron chi connectivity index (χ2n) is 1.72. The van der Waals surface area contributed by atoms with Crippen LogP contribution < -0.4 is 0 Å². The number of hydrogen-bond donors (Lipinski definition) is 1.